The predicted octanol–water partition coefficient (Wildman–Crippen LogP) is 1.92. The lowest BCUT2D eigenvalue weighted by molar-refractivity contribution is -0.104. The number of nitrogens with one attached hydrogen (secondary N) is 1. The molecule has 0 aromatic heterocycles. The molecule has 0 saturated carbocycles. The van der Waals surface area contributed by atoms with Crippen LogP contribution in [0.15, 0.2) is 12.7 Å². The second-order valence-electron chi connectivity index (χ2n) is 3.12. The summed E-state index contributed by atoms with van der Waals surface area (Å²) in [5.41, 5.74) is 2.14. The maximum atomic E-state index is 9.06. The average Bonchev–Trinajstić information content (AvgIpc) is 2.05. The van der Waals surface area contributed by atoms with Gasteiger partial charge in [-0.3, -0.25) is 4.79 Å². The van der Waals surface area contributed by atoms with E-state index < -0.39 is 0 Å². The number of allylic oxidation sites excluding steroid dienone is 1. The van der Waals surface area contributed by atoms with E-state index in [1.165, 1.54) is 6.08 Å². The zero-order chi connectivity index (χ0) is 10.0. The molecule has 0 amide bonds. The van der Waals surface area contributed by atoms with Gasteiger partial charge in [-0.25, -0.2) is 5.48 Å². The van der Waals surface area contributed by atoms with Crippen molar-refractivity contribution in [3.8, 4) is 0 Å². The SMILES string of the molecule is C=CC=O.CCCC(C)(C)NO. The molecule has 0 heterocycles. The third-order valence-corrected chi connectivity index (χ3v) is 1.27. The van der Waals surface area contributed by atoms with Gasteiger partial charge in [0.25, 0.3) is 0 Å². The molecule has 0 unspecified atom stereocenters. The van der Waals surface area contributed by atoms with Crippen molar-refractivity contribution in [2.75, 3.05) is 0 Å². The molecule has 0 rings (SSSR count). The van der Waals surface area contributed by atoms with Crippen molar-refractivity contribution in [3.05, 3.63) is 12.7 Å². The fraction of sp³-hybridized carbons (Fsp3) is 0.667. The number of aldehydes is 1. The summed E-state index contributed by atoms with van der Waals surface area (Å²) in [4.78, 5) is 9.06. The summed E-state index contributed by atoms with van der Waals surface area (Å²) in [6.07, 6.45) is 3.93. The Morgan fingerprint density at radius 3 is 2.08 bits per heavy atom. The third-order valence-electron chi connectivity index (χ3n) is 1.27. The van der Waals surface area contributed by atoms with Gasteiger partial charge in [0.15, 0.2) is 0 Å². The first kappa shape index (κ1) is 13.9. The Hall–Kier alpha value is -0.670. The van der Waals surface area contributed by atoms with Gasteiger partial charge in [0, 0.05) is 5.54 Å². The molecule has 0 atom stereocenters. The van der Waals surface area contributed by atoms with Crippen molar-refractivity contribution in [1.29, 1.82) is 0 Å². The van der Waals surface area contributed by atoms with E-state index in [9.17, 15) is 0 Å². The van der Waals surface area contributed by atoms with Crippen molar-refractivity contribution in [1.82, 2.24) is 5.48 Å². The molecular weight excluding hydrogens is 154 g/mol. The van der Waals surface area contributed by atoms with Gasteiger partial charge in [-0.15, -0.1) is 0 Å². The van der Waals surface area contributed by atoms with Crippen LogP contribution >= 0.6 is 0 Å². The second kappa shape index (κ2) is 8.43. The van der Waals surface area contributed by atoms with Gasteiger partial charge in [-0.2, -0.15) is 0 Å². The molecule has 0 aromatic carbocycles. The van der Waals surface area contributed by atoms with Crippen LogP contribution in [0.4, 0.5) is 0 Å². The van der Waals surface area contributed by atoms with Crippen LogP contribution in [0.25, 0.3) is 0 Å². The molecule has 12 heavy (non-hydrogen) atoms. The lowest BCUT2D eigenvalue weighted by atomic mass is 10.0. The normalized spacial score (nSPS) is 9.67. The van der Waals surface area contributed by atoms with Crippen molar-refractivity contribution >= 4 is 6.29 Å². The Labute approximate surface area is 74.4 Å². The standard InChI is InChI=1S/C6H15NO.C3H4O/c1-4-5-6(2,3)7-8;1-2-3-4/h7-8H,4-5H2,1-3H3;2-3H,1H2. The minimum atomic E-state index is -0.102. The molecule has 0 bridgehead atoms. The van der Waals surface area contributed by atoms with Crippen LogP contribution in [0.3, 0.4) is 0 Å². The highest BCUT2D eigenvalue weighted by Crippen LogP contribution is 2.08. The molecule has 0 aliphatic rings. The summed E-state index contributed by atoms with van der Waals surface area (Å²) >= 11 is 0. The molecule has 2 N–H and O–H groups in total. The van der Waals surface area contributed by atoms with Crippen molar-refractivity contribution in [2.24, 2.45) is 0 Å². The minimum absolute atomic E-state index is 0.102. The Balaban J connectivity index is 0. The zero-order valence-corrected chi connectivity index (χ0v) is 8.13. The number of hydrogen-bond acceptors (Lipinski definition) is 3. The first-order chi connectivity index (χ1) is 5.54. The van der Waals surface area contributed by atoms with E-state index in [4.69, 9.17) is 10.0 Å². The number of hydroxylamine groups is 1. The molecule has 0 radical (unpaired) electrons. The van der Waals surface area contributed by atoms with Crippen LogP contribution < -0.4 is 5.48 Å². The Morgan fingerprint density at radius 1 is 1.58 bits per heavy atom. The lowest BCUT2D eigenvalue weighted by Crippen LogP contribution is -2.36. The second-order valence-corrected chi connectivity index (χ2v) is 3.12. The van der Waals surface area contributed by atoms with Gasteiger partial charge < -0.3 is 5.21 Å². The van der Waals surface area contributed by atoms with Gasteiger partial charge in [0.1, 0.15) is 6.29 Å². The van der Waals surface area contributed by atoms with Gasteiger partial charge in [0.05, 0.1) is 0 Å². The molecule has 3 nitrogen and oxygen atoms in total. The maximum absolute atomic E-state index is 9.06. The van der Waals surface area contributed by atoms with Crippen LogP contribution in [-0.4, -0.2) is 17.0 Å². The molecule has 0 spiro atoms. The fourth-order valence-electron chi connectivity index (χ4n) is 0.681. The Kier molecular flexibility index (Phi) is 9.75. The van der Waals surface area contributed by atoms with Crippen LogP contribution in [0.1, 0.15) is 33.6 Å². The van der Waals surface area contributed by atoms with Crippen molar-refractivity contribution in [3.63, 3.8) is 0 Å². The molecule has 0 saturated heterocycles. The van der Waals surface area contributed by atoms with E-state index in [-0.39, 0.29) is 5.54 Å². The van der Waals surface area contributed by atoms with Gasteiger partial charge >= 0.3 is 0 Å². The summed E-state index contributed by atoms with van der Waals surface area (Å²) in [5.74, 6) is 0. The van der Waals surface area contributed by atoms with Crippen molar-refractivity contribution in [2.45, 2.75) is 39.2 Å². The number of rotatable bonds is 4. The molecule has 3 heteroatoms. The van der Waals surface area contributed by atoms with Crippen molar-refractivity contribution < 1.29 is 10.0 Å². The van der Waals surface area contributed by atoms with Crippen LogP contribution in [0.2, 0.25) is 0 Å². The molecule has 0 aromatic rings. The minimum Gasteiger partial charge on any atom is -0.316 e. The Bertz CT molecular complexity index is 116. The predicted molar refractivity (Wildman–Crippen MR) is 50.2 cm³/mol. The zero-order valence-electron chi connectivity index (χ0n) is 8.13. The summed E-state index contributed by atoms with van der Waals surface area (Å²) in [6, 6.07) is 0. The quantitative estimate of drug-likeness (QED) is 0.388. The number of hydrogen-bond donors (Lipinski definition) is 2. The van der Waals surface area contributed by atoms with Crippen LogP contribution in [-0.2, 0) is 4.79 Å². The van der Waals surface area contributed by atoms with E-state index in [0.717, 1.165) is 12.8 Å². The number of carbonyl (C=O) groups is 1. The monoisotopic (exact) mass is 173 g/mol. The number of carbonyl (C=O) groups excluding carboxylic acids is 1. The van der Waals surface area contributed by atoms with Crippen LogP contribution in [0.5, 0.6) is 0 Å². The van der Waals surface area contributed by atoms with Crippen LogP contribution in [0, 0.1) is 0 Å². The van der Waals surface area contributed by atoms with Gasteiger partial charge in [-0.1, -0.05) is 19.9 Å². The summed E-state index contributed by atoms with van der Waals surface area (Å²) in [6.45, 7) is 9.14. The highest BCUT2D eigenvalue weighted by atomic mass is 16.5. The molecule has 0 fully saturated rings. The average molecular weight is 173 g/mol. The lowest BCUT2D eigenvalue weighted by Gasteiger charge is -2.20. The first-order valence-corrected chi connectivity index (χ1v) is 4.01. The topological polar surface area (TPSA) is 49.3 Å². The third kappa shape index (κ3) is 12.0. The van der Waals surface area contributed by atoms with E-state index in [1.54, 1.807) is 0 Å². The highest BCUT2D eigenvalue weighted by molar-refractivity contribution is 5.63. The molecule has 72 valence electrons. The van der Waals surface area contributed by atoms with E-state index in [1.807, 2.05) is 13.8 Å². The molecule has 0 aliphatic carbocycles. The summed E-state index contributed by atoms with van der Waals surface area (Å²) in [7, 11) is 0. The Morgan fingerprint density at radius 2 is 2.00 bits per heavy atom. The summed E-state index contributed by atoms with van der Waals surface area (Å²) in [5, 5.41) is 8.48. The maximum Gasteiger partial charge on any atom is 0.142 e. The van der Waals surface area contributed by atoms with Gasteiger partial charge in [-0.05, 0) is 26.3 Å². The van der Waals surface area contributed by atoms with E-state index >= 15 is 0 Å². The first-order valence-electron chi connectivity index (χ1n) is 4.01. The van der Waals surface area contributed by atoms with E-state index in [2.05, 4.69) is 19.0 Å². The van der Waals surface area contributed by atoms with E-state index in [0.29, 0.717) is 6.29 Å². The molecule has 0 aliphatic heterocycles. The highest BCUT2D eigenvalue weighted by Gasteiger charge is 2.12. The summed E-state index contributed by atoms with van der Waals surface area (Å²) < 4.78 is 0. The van der Waals surface area contributed by atoms with Gasteiger partial charge in [0.2, 0.25) is 0 Å². The molecular formula is C9H19NO2. The smallest absolute Gasteiger partial charge is 0.142 e. The fourth-order valence-corrected chi connectivity index (χ4v) is 0.681. The largest absolute Gasteiger partial charge is 0.316 e.